The van der Waals surface area contributed by atoms with Crippen molar-refractivity contribution < 1.29 is 9.90 Å². The Kier molecular flexibility index (Phi) is 4.13. The molecule has 2 rings (SSSR count). The number of aromatic nitrogens is 1. The van der Waals surface area contributed by atoms with Gasteiger partial charge >= 0.3 is 0 Å². The van der Waals surface area contributed by atoms with Crippen LogP contribution in [0.2, 0.25) is 0 Å². The summed E-state index contributed by atoms with van der Waals surface area (Å²) >= 11 is 0. The quantitative estimate of drug-likeness (QED) is 0.911. The summed E-state index contributed by atoms with van der Waals surface area (Å²) in [6, 6.07) is 11.5. The van der Waals surface area contributed by atoms with Crippen LogP contribution in [0.1, 0.15) is 15.9 Å². The lowest BCUT2D eigenvalue weighted by Crippen LogP contribution is -2.28. The van der Waals surface area contributed by atoms with Gasteiger partial charge in [0.25, 0.3) is 5.91 Å². The van der Waals surface area contributed by atoms with Crippen LogP contribution in [0.5, 0.6) is 5.75 Å². The predicted octanol–water partition coefficient (Wildman–Crippen LogP) is 2.10. The van der Waals surface area contributed by atoms with Crippen molar-refractivity contribution in [2.24, 2.45) is 0 Å². The van der Waals surface area contributed by atoms with Gasteiger partial charge in [-0.3, -0.25) is 9.78 Å². The molecule has 1 aromatic carbocycles. The summed E-state index contributed by atoms with van der Waals surface area (Å²) in [6.45, 7) is 0.602. The molecular weight excluding hydrogens is 240 g/mol. The molecule has 0 spiro atoms. The fourth-order valence-corrected chi connectivity index (χ4v) is 1.82. The van der Waals surface area contributed by atoms with E-state index in [-0.39, 0.29) is 17.2 Å². The van der Waals surface area contributed by atoms with E-state index in [4.69, 9.17) is 0 Å². The van der Waals surface area contributed by atoms with Crippen LogP contribution in [0.4, 0.5) is 0 Å². The van der Waals surface area contributed by atoms with E-state index in [0.29, 0.717) is 6.54 Å². The van der Waals surface area contributed by atoms with Gasteiger partial charge in [-0.05, 0) is 18.1 Å². The van der Waals surface area contributed by atoms with Crippen LogP contribution < -0.4 is 0 Å². The van der Waals surface area contributed by atoms with Gasteiger partial charge in [0.05, 0.1) is 11.8 Å². The van der Waals surface area contributed by atoms with Crippen LogP contribution in [-0.2, 0) is 6.42 Å². The second-order valence-corrected chi connectivity index (χ2v) is 4.36. The number of likely N-dealkylation sites (N-methyl/N-ethyl adjacent to an activating group) is 1. The van der Waals surface area contributed by atoms with Gasteiger partial charge in [0, 0.05) is 19.8 Å². The Morgan fingerprint density at radius 1 is 1.26 bits per heavy atom. The van der Waals surface area contributed by atoms with Crippen LogP contribution in [-0.4, -0.2) is 34.5 Å². The van der Waals surface area contributed by atoms with Crippen molar-refractivity contribution in [1.29, 1.82) is 0 Å². The molecule has 0 saturated carbocycles. The third-order valence-electron chi connectivity index (χ3n) is 2.96. The number of rotatable bonds is 4. The Balaban J connectivity index is 1.99. The van der Waals surface area contributed by atoms with Crippen molar-refractivity contribution in [3.8, 4) is 5.75 Å². The zero-order valence-corrected chi connectivity index (χ0v) is 10.8. The molecule has 0 unspecified atom stereocenters. The first-order valence-corrected chi connectivity index (χ1v) is 6.11. The number of amides is 1. The van der Waals surface area contributed by atoms with Crippen LogP contribution >= 0.6 is 0 Å². The normalized spacial score (nSPS) is 10.2. The number of hydrogen-bond donors (Lipinski definition) is 1. The van der Waals surface area contributed by atoms with E-state index in [2.05, 4.69) is 4.98 Å². The summed E-state index contributed by atoms with van der Waals surface area (Å²) < 4.78 is 0. The number of pyridine rings is 1. The molecule has 0 fully saturated rings. The smallest absolute Gasteiger partial charge is 0.257 e. The largest absolute Gasteiger partial charge is 0.505 e. The second kappa shape index (κ2) is 6.00. The fraction of sp³-hybridized carbons (Fsp3) is 0.200. The Morgan fingerprint density at radius 2 is 2.00 bits per heavy atom. The van der Waals surface area contributed by atoms with Crippen LogP contribution in [0.15, 0.2) is 48.8 Å². The standard InChI is InChI=1S/C15H16N2O2/c1-17(10-8-12-5-3-2-4-6-12)15(19)13-7-9-16-11-14(13)18/h2-7,9,11,18H,8,10H2,1H3. The SMILES string of the molecule is CN(CCc1ccccc1)C(=O)c1ccncc1O. The van der Waals surface area contributed by atoms with Crippen molar-refractivity contribution in [1.82, 2.24) is 9.88 Å². The van der Waals surface area contributed by atoms with Gasteiger partial charge in [0.1, 0.15) is 5.75 Å². The summed E-state index contributed by atoms with van der Waals surface area (Å²) in [5, 5.41) is 9.61. The zero-order valence-electron chi connectivity index (χ0n) is 10.8. The summed E-state index contributed by atoms with van der Waals surface area (Å²) in [5.41, 5.74) is 1.46. The molecule has 1 N–H and O–H groups in total. The minimum Gasteiger partial charge on any atom is -0.505 e. The number of nitrogens with zero attached hydrogens (tertiary/aromatic N) is 2. The molecule has 1 heterocycles. The van der Waals surface area contributed by atoms with Crippen LogP contribution in [0, 0.1) is 0 Å². The van der Waals surface area contributed by atoms with Gasteiger partial charge in [-0.2, -0.15) is 0 Å². The molecule has 0 bridgehead atoms. The molecule has 4 nitrogen and oxygen atoms in total. The van der Waals surface area contributed by atoms with Gasteiger partial charge in [0.15, 0.2) is 0 Å². The number of aromatic hydroxyl groups is 1. The summed E-state index contributed by atoms with van der Waals surface area (Å²) in [7, 11) is 1.73. The number of carbonyl (C=O) groups is 1. The fourth-order valence-electron chi connectivity index (χ4n) is 1.82. The highest BCUT2D eigenvalue weighted by molar-refractivity contribution is 5.96. The van der Waals surface area contributed by atoms with E-state index in [1.165, 1.54) is 24.0 Å². The van der Waals surface area contributed by atoms with Gasteiger partial charge in [0.2, 0.25) is 0 Å². The molecule has 0 radical (unpaired) electrons. The lowest BCUT2D eigenvalue weighted by Gasteiger charge is -2.17. The Morgan fingerprint density at radius 3 is 2.68 bits per heavy atom. The molecule has 0 aliphatic heterocycles. The number of carbonyl (C=O) groups excluding carboxylic acids is 1. The topological polar surface area (TPSA) is 53.4 Å². The molecule has 98 valence electrons. The predicted molar refractivity (Wildman–Crippen MR) is 73.0 cm³/mol. The summed E-state index contributed by atoms with van der Waals surface area (Å²) in [4.78, 5) is 17.5. The Hall–Kier alpha value is -2.36. The maximum Gasteiger partial charge on any atom is 0.257 e. The van der Waals surface area contributed by atoms with Crippen molar-refractivity contribution in [2.45, 2.75) is 6.42 Å². The average molecular weight is 256 g/mol. The molecular formula is C15H16N2O2. The van der Waals surface area contributed by atoms with Crippen molar-refractivity contribution >= 4 is 5.91 Å². The molecule has 4 heteroatoms. The minimum absolute atomic E-state index is 0.0842. The van der Waals surface area contributed by atoms with Gasteiger partial charge in [-0.1, -0.05) is 30.3 Å². The van der Waals surface area contributed by atoms with E-state index in [9.17, 15) is 9.90 Å². The van der Waals surface area contributed by atoms with Crippen molar-refractivity contribution in [3.05, 3.63) is 59.9 Å². The van der Waals surface area contributed by atoms with E-state index in [1.54, 1.807) is 11.9 Å². The molecule has 2 aromatic rings. The number of benzene rings is 1. The van der Waals surface area contributed by atoms with Gasteiger partial charge < -0.3 is 10.0 Å². The van der Waals surface area contributed by atoms with Crippen molar-refractivity contribution in [3.63, 3.8) is 0 Å². The van der Waals surface area contributed by atoms with Crippen molar-refractivity contribution in [2.75, 3.05) is 13.6 Å². The first-order chi connectivity index (χ1) is 9.18. The molecule has 0 atom stereocenters. The maximum atomic E-state index is 12.1. The monoisotopic (exact) mass is 256 g/mol. The van der Waals surface area contributed by atoms with E-state index in [0.717, 1.165) is 6.42 Å². The Bertz CT molecular complexity index is 555. The van der Waals surface area contributed by atoms with E-state index >= 15 is 0 Å². The first kappa shape index (κ1) is 13.1. The highest BCUT2D eigenvalue weighted by Gasteiger charge is 2.15. The summed E-state index contributed by atoms with van der Waals surface area (Å²) in [5.74, 6) is -0.283. The van der Waals surface area contributed by atoms with Gasteiger partial charge in [-0.15, -0.1) is 0 Å². The van der Waals surface area contributed by atoms with Gasteiger partial charge in [-0.25, -0.2) is 0 Å². The number of hydrogen-bond acceptors (Lipinski definition) is 3. The maximum absolute atomic E-state index is 12.1. The molecule has 0 aliphatic carbocycles. The van der Waals surface area contributed by atoms with Crippen LogP contribution in [0.25, 0.3) is 0 Å². The third kappa shape index (κ3) is 3.31. The van der Waals surface area contributed by atoms with Crippen LogP contribution in [0.3, 0.4) is 0 Å². The second-order valence-electron chi connectivity index (χ2n) is 4.36. The molecule has 0 aliphatic rings. The average Bonchev–Trinajstić information content (AvgIpc) is 2.45. The van der Waals surface area contributed by atoms with E-state index in [1.807, 2.05) is 30.3 Å². The highest BCUT2D eigenvalue weighted by Crippen LogP contribution is 2.16. The molecule has 1 aromatic heterocycles. The minimum atomic E-state index is -0.198. The molecule has 1 amide bonds. The lowest BCUT2D eigenvalue weighted by atomic mass is 10.1. The first-order valence-electron chi connectivity index (χ1n) is 6.11. The molecule has 19 heavy (non-hydrogen) atoms. The molecule has 0 saturated heterocycles. The third-order valence-corrected chi connectivity index (χ3v) is 2.96. The van der Waals surface area contributed by atoms with E-state index < -0.39 is 0 Å². The highest BCUT2D eigenvalue weighted by atomic mass is 16.3. The Labute approximate surface area is 112 Å². The zero-order chi connectivity index (χ0) is 13.7. The summed E-state index contributed by atoms with van der Waals surface area (Å²) in [6.07, 6.45) is 3.56. The lowest BCUT2D eigenvalue weighted by molar-refractivity contribution is 0.0793.